The summed E-state index contributed by atoms with van der Waals surface area (Å²) in [5.74, 6) is 0. The predicted molar refractivity (Wildman–Crippen MR) is 229 cm³/mol. The highest BCUT2D eigenvalue weighted by molar-refractivity contribution is 6.13. The van der Waals surface area contributed by atoms with E-state index in [0.29, 0.717) is 11.3 Å². The summed E-state index contributed by atoms with van der Waals surface area (Å²) >= 11 is 0. The molecule has 0 bridgehead atoms. The van der Waals surface area contributed by atoms with Gasteiger partial charge in [-0.1, -0.05) is 139 Å². The summed E-state index contributed by atoms with van der Waals surface area (Å²) in [5, 5.41) is 4.46. The van der Waals surface area contributed by atoms with Crippen molar-refractivity contribution in [3.05, 3.63) is 206 Å². The van der Waals surface area contributed by atoms with Crippen LogP contribution in [0.15, 0.2) is 206 Å². The molecule has 2 heteroatoms. The van der Waals surface area contributed by atoms with Crippen LogP contribution in [0.5, 0.6) is 0 Å². The highest BCUT2D eigenvalue weighted by Gasteiger charge is 2.17. The van der Waals surface area contributed by atoms with E-state index in [1.165, 1.54) is 0 Å². The third kappa shape index (κ3) is 4.81. The molecule has 0 amide bonds. The smallest absolute Gasteiger partial charge is 0.0645 e. The zero-order valence-electron chi connectivity index (χ0n) is 36.0. The third-order valence-corrected chi connectivity index (χ3v) is 10.6. The first-order chi connectivity index (χ1) is 29.7. The van der Waals surface area contributed by atoms with Crippen LogP contribution in [0.2, 0.25) is 0 Å². The van der Waals surface area contributed by atoms with Gasteiger partial charge >= 0.3 is 0 Å². The Labute approximate surface area is 323 Å². The molecule has 0 fully saturated rings. The van der Waals surface area contributed by atoms with Crippen LogP contribution >= 0.6 is 0 Å². The lowest BCUT2D eigenvalue weighted by Crippen LogP contribution is -1.94. The van der Waals surface area contributed by atoms with Gasteiger partial charge in [0.25, 0.3) is 0 Å². The lowest BCUT2D eigenvalue weighted by Gasteiger charge is -2.11. The van der Waals surface area contributed by atoms with Crippen molar-refractivity contribution in [1.82, 2.24) is 9.13 Å². The first kappa shape index (κ1) is 24.2. The number of hydrogen-bond acceptors (Lipinski definition) is 0. The molecule has 2 aromatic heterocycles. The number of benzene rings is 9. The minimum Gasteiger partial charge on any atom is -0.309 e. The maximum atomic E-state index is 9.87. The average Bonchev–Trinajstić information content (AvgIpc) is 3.84. The van der Waals surface area contributed by atoms with Gasteiger partial charge in [-0.05, 0) is 111 Å². The summed E-state index contributed by atoms with van der Waals surface area (Å²) in [7, 11) is 0. The van der Waals surface area contributed by atoms with Crippen molar-refractivity contribution in [3.8, 4) is 44.8 Å². The van der Waals surface area contributed by atoms with Gasteiger partial charge in [-0.15, -0.1) is 0 Å². The van der Waals surface area contributed by atoms with E-state index >= 15 is 0 Å². The van der Waals surface area contributed by atoms with Crippen molar-refractivity contribution in [2.75, 3.05) is 0 Å². The van der Waals surface area contributed by atoms with Crippen LogP contribution in [-0.4, -0.2) is 9.13 Å². The molecule has 0 aliphatic heterocycles. The molecule has 0 unspecified atom stereocenters. The van der Waals surface area contributed by atoms with Crippen molar-refractivity contribution in [3.63, 3.8) is 0 Å². The molecule has 11 rings (SSSR count). The zero-order chi connectivity index (χ0) is 41.7. The molecule has 0 atom stereocenters. The largest absolute Gasteiger partial charge is 0.309 e. The van der Waals surface area contributed by atoms with Gasteiger partial charge < -0.3 is 9.13 Å². The molecule has 2 nitrogen and oxygen atoms in total. The molecule has 2 heterocycles. The van der Waals surface area contributed by atoms with Crippen LogP contribution in [0.3, 0.4) is 0 Å². The summed E-state index contributed by atoms with van der Waals surface area (Å²) < 4.78 is 68.6. The monoisotopic (exact) mass is 693 g/mol. The van der Waals surface area contributed by atoms with Crippen molar-refractivity contribution in [1.29, 1.82) is 0 Å². The molecule has 0 N–H and O–H groups in total. The molecule has 11 aromatic rings. The summed E-state index contributed by atoms with van der Waals surface area (Å²) in [6, 6.07) is 52.8. The Balaban J connectivity index is 1.17. The quantitative estimate of drug-likeness (QED) is 0.170. The maximum Gasteiger partial charge on any atom is 0.0645 e. The fourth-order valence-corrected chi connectivity index (χ4v) is 8.03. The fourth-order valence-electron chi connectivity index (χ4n) is 8.03. The number of nitrogens with zero attached hydrogens (tertiary/aromatic N) is 2. The van der Waals surface area contributed by atoms with E-state index in [1.807, 2.05) is 97.1 Å². The summed E-state index contributed by atoms with van der Waals surface area (Å²) in [6.45, 7) is 0. The fraction of sp³-hybridized carbons (Fsp3) is 0. The minimum atomic E-state index is -0.422. The van der Waals surface area contributed by atoms with Crippen molar-refractivity contribution in [2.45, 2.75) is 0 Å². The number of aromatic nitrogens is 2. The minimum absolute atomic E-state index is 0.0757. The summed E-state index contributed by atoms with van der Waals surface area (Å²) in [5.41, 5.74) is 8.75. The van der Waals surface area contributed by atoms with Gasteiger partial charge in [0.05, 0.1) is 31.7 Å². The van der Waals surface area contributed by atoms with Crippen LogP contribution in [0.4, 0.5) is 0 Å². The lowest BCUT2D eigenvalue weighted by molar-refractivity contribution is 1.18. The van der Waals surface area contributed by atoms with E-state index in [-0.39, 0.29) is 57.6 Å². The standard InChI is InChI=1S/C52H34N2/c1-3-12-35(13-4-1)38-24-29-51-47(32-38)48-34-40(26-31-52(48)53(51)41-16-5-2-6-17-41)39-25-30-50-46(33-39)45-19-9-10-21-49(45)54(50)42-27-22-37(23-28-42)44-20-11-15-36-14-7-8-18-43(36)44/h1-34H/i9D,10D,19D,21D,25D,30D,33D. The van der Waals surface area contributed by atoms with E-state index in [4.69, 9.17) is 4.11 Å². The Morgan fingerprint density at radius 2 is 0.926 bits per heavy atom. The van der Waals surface area contributed by atoms with E-state index in [2.05, 4.69) is 71.3 Å². The van der Waals surface area contributed by atoms with Crippen LogP contribution in [0.1, 0.15) is 9.60 Å². The molecule has 0 aliphatic rings. The van der Waals surface area contributed by atoms with Gasteiger partial charge in [0.2, 0.25) is 0 Å². The number of rotatable bonds is 5. The number of fused-ring (bicyclic) bond motifs is 7. The van der Waals surface area contributed by atoms with Crippen molar-refractivity contribution < 1.29 is 9.60 Å². The normalized spacial score (nSPS) is 13.5. The second-order valence-corrected chi connectivity index (χ2v) is 13.6. The average molecular weight is 694 g/mol. The topological polar surface area (TPSA) is 9.86 Å². The van der Waals surface area contributed by atoms with E-state index in [9.17, 15) is 5.48 Å². The Hall–Kier alpha value is -7.16. The molecule has 0 saturated carbocycles. The Morgan fingerprint density at radius 1 is 0.333 bits per heavy atom. The summed E-state index contributed by atoms with van der Waals surface area (Å²) in [6.07, 6.45) is 0. The van der Waals surface area contributed by atoms with E-state index < -0.39 is 12.1 Å². The van der Waals surface area contributed by atoms with E-state index in [1.54, 1.807) is 4.57 Å². The van der Waals surface area contributed by atoms with Crippen LogP contribution in [0.25, 0.3) is 99.1 Å². The molecule has 0 saturated heterocycles. The molecule has 0 radical (unpaired) electrons. The van der Waals surface area contributed by atoms with Crippen LogP contribution < -0.4 is 0 Å². The first-order valence-electron chi connectivity index (χ1n) is 21.5. The van der Waals surface area contributed by atoms with Gasteiger partial charge in [-0.25, -0.2) is 0 Å². The molecular formula is C52H34N2. The van der Waals surface area contributed by atoms with Crippen molar-refractivity contribution in [2.24, 2.45) is 0 Å². The predicted octanol–water partition coefficient (Wildman–Crippen LogP) is 14.0. The first-order valence-corrected chi connectivity index (χ1v) is 18.0. The molecule has 252 valence electrons. The Kier molecular flexibility index (Phi) is 5.47. The van der Waals surface area contributed by atoms with E-state index in [0.717, 1.165) is 60.5 Å². The zero-order valence-corrected chi connectivity index (χ0v) is 29.0. The number of para-hydroxylation sites is 2. The second kappa shape index (κ2) is 12.2. The van der Waals surface area contributed by atoms with Gasteiger partial charge in [-0.2, -0.15) is 0 Å². The Bertz CT molecular complexity index is 3590. The SMILES string of the molecule is [2H]c1c([2H])c([2H])c2c(c1[2H])c1c([2H])c(-c3ccc4c(c3)c3cc(-c5ccccc5)ccc3n4-c3ccccc3)c([2H])c([2H])c1n2-c1ccc(-c2cccc3ccccc23)cc1. The lowest BCUT2D eigenvalue weighted by atomic mass is 9.98. The molecule has 9 aromatic carbocycles. The Morgan fingerprint density at radius 3 is 1.70 bits per heavy atom. The highest BCUT2D eigenvalue weighted by atomic mass is 15.0. The summed E-state index contributed by atoms with van der Waals surface area (Å²) in [4.78, 5) is 0. The van der Waals surface area contributed by atoms with Gasteiger partial charge in [0, 0.05) is 32.9 Å². The molecular weight excluding hydrogens is 653 g/mol. The number of hydrogen-bond donors (Lipinski definition) is 0. The van der Waals surface area contributed by atoms with Crippen LogP contribution in [0, 0.1) is 0 Å². The molecule has 0 aliphatic carbocycles. The van der Waals surface area contributed by atoms with Gasteiger partial charge in [-0.3, -0.25) is 0 Å². The second-order valence-electron chi connectivity index (χ2n) is 13.6. The molecule has 54 heavy (non-hydrogen) atoms. The maximum absolute atomic E-state index is 9.87. The van der Waals surface area contributed by atoms with Crippen LogP contribution in [-0.2, 0) is 0 Å². The van der Waals surface area contributed by atoms with Crippen molar-refractivity contribution >= 4 is 54.4 Å². The highest BCUT2D eigenvalue weighted by Crippen LogP contribution is 2.40. The molecule has 0 spiro atoms. The van der Waals surface area contributed by atoms with Gasteiger partial charge in [0.15, 0.2) is 0 Å². The van der Waals surface area contributed by atoms with Gasteiger partial charge in [0.1, 0.15) is 0 Å². The third-order valence-electron chi connectivity index (χ3n) is 10.6.